The second kappa shape index (κ2) is 10.8. The SMILES string of the molecule is CCCCN1CCC(N(Cc2ccccc2)C(=O)Nc2cccc(C(F)(F)F)c2F)CC1. The zero-order valence-electron chi connectivity index (χ0n) is 18.2. The number of hydrogen-bond donors (Lipinski definition) is 1. The van der Waals surface area contributed by atoms with Crippen molar-refractivity contribution in [3.8, 4) is 0 Å². The molecule has 1 aliphatic heterocycles. The molecule has 1 N–H and O–H groups in total. The van der Waals surface area contributed by atoms with E-state index in [4.69, 9.17) is 0 Å². The summed E-state index contributed by atoms with van der Waals surface area (Å²) in [5.74, 6) is -1.47. The van der Waals surface area contributed by atoms with Crippen molar-refractivity contribution in [2.45, 2.75) is 51.4 Å². The summed E-state index contributed by atoms with van der Waals surface area (Å²) in [6.45, 7) is 5.16. The highest BCUT2D eigenvalue weighted by Gasteiger charge is 2.35. The van der Waals surface area contributed by atoms with E-state index in [1.165, 1.54) is 0 Å². The van der Waals surface area contributed by atoms with Gasteiger partial charge in [-0.2, -0.15) is 13.2 Å². The average Bonchev–Trinajstić information content (AvgIpc) is 2.78. The van der Waals surface area contributed by atoms with E-state index in [2.05, 4.69) is 17.1 Å². The van der Waals surface area contributed by atoms with Crippen LogP contribution in [0.4, 0.5) is 28.0 Å². The molecule has 2 aromatic carbocycles. The topological polar surface area (TPSA) is 35.6 Å². The standard InChI is InChI=1S/C24H29F4N3O/c1-2-3-14-30-15-12-19(13-16-30)31(17-18-8-5-4-6-9-18)23(32)29-21-11-7-10-20(22(21)25)24(26,27)28/h4-11,19H,2-3,12-17H2,1H3,(H,29,32). The van der Waals surface area contributed by atoms with Gasteiger partial charge in [0.05, 0.1) is 11.3 Å². The highest BCUT2D eigenvalue weighted by atomic mass is 19.4. The lowest BCUT2D eigenvalue weighted by molar-refractivity contribution is -0.139. The van der Waals surface area contributed by atoms with Crippen molar-refractivity contribution in [1.82, 2.24) is 9.80 Å². The molecular weight excluding hydrogens is 422 g/mol. The van der Waals surface area contributed by atoms with Gasteiger partial charge in [0.25, 0.3) is 0 Å². The Morgan fingerprint density at radius 1 is 1.09 bits per heavy atom. The van der Waals surface area contributed by atoms with Crippen molar-refractivity contribution in [2.75, 3.05) is 25.0 Å². The molecule has 2 aromatic rings. The number of rotatable bonds is 7. The summed E-state index contributed by atoms with van der Waals surface area (Å²) in [5.41, 5.74) is -0.960. The summed E-state index contributed by atoms with van der Waals surface area (Å²) in [7, 11) is 0. The molecule has 8 heteroatoms. The molecule has 3 rings (SSSR count). The lowest BCUT2D eigenvalue weighted by Gasteiger charge is -2.38. The first-order valence-electron chi connectivity index (χ1n) is 11.0. The fraction of sp³-hybridized carbons (Fsp3) is 0.458. The van der Waals surface area contributed by atoms with Crippen LogP contribution >= 0.6 is 0 Å². The van der Waals surface area contributed by atoms with Crippen LogP contribution in [0.3, 0.4) is 0 Å². The number of hydrogen-bond acceptors (Lipinski definition) is 2. The Morgan fingerprint density at radius 3 is 2.41 bits per heavy atom. The van der Waals surface area contributed by atoms with E-state index in [1.54, 1.807) is 4.90 Å². The fourth-order valence-corrected chi connectivity index (χ4v) is 4.02. The molecule has 0 aliphatic carbocycles. The normalized spacial score (nSPS) is 15.5. The zero-order chi connectivity index (χ0) is 23.1. The van der Waals surface area contributed by atoms with Gasteiger partial charge in [-0.25, -0.2) is 9.18 Å². The first-order valence-corrected chi connectivity index (χ1v) is 11.0. The number of anilines is 1. The van der Waals surface area contributed by atoms with Gasteiger partial charge in [-0.05, 0) is 43.5 Å². The number of nitrogens with one attached hydrogen (secondary N) is 1. The maximum atomic E-state index is 14.5. The smallest absolute Gasteiger partial charge is 0.317 e. The minimum absolute atomic E-state index is 0.0815. The van der Waals surface area contributed by atoms with E-state index < -0.39 is 29.3 Å². The molecule has 1 saturated heterocycles. The molecule has 32 heavy (non-hydrogen) atoms. The van der Waals surface area contributed by atoms with Crippen LogP contribution in [-0.2, 0) is 12.7 Å². The second-order valence-corrected chi connectivity index (χ2v) is 8.13. The van der Waals surface area contributed by atoms with Gasteiger partial charge in [0, 0.05) is 25.7 Å². The third-order valence-electron chi connectivity index (χ3n) is 5.83. The molecule has 0 radical (unpaired) electrons. The number of halogens is 4. The molecular formula is C24H29F4N3O. The molecule has 0 saturated carbocycles. The summed E-state index contributed by atoms with van der Waals surface area (Å²) >= 11 is 0. The highest BCUT2D eigenvalue weighted by Crippen LogP contribution is 2.34. The zero-order valence-corrected chi connectivity index (χ0v) is 18.2. The molecule has 4 nitrogen and oxygen atoms in total. The Hall–Kier alpha value is -2.61. The van der Waals surface area contributed by atoms with E-state index >= 15 is 0 Å². The van der Waals surface area contributed by atoms with Crippen molar-refractivity contribution < 1.29 is 22.4 Å². The summed E-state index contributed by atoms with van der Waals surface area (Å²) in [6.07, 6.45) is -1.08. The minimum Gasteiger partial charge on any atom is -0.317 e. The van der Waals surface area contributed by atoms with Crippen LogP contribution < -0.4 is 5.32 Å². The van der Waals surface area contributed by atoms with Gasteiger partial charge in [-0.1, -0.05) is 49.7 Å². The van der Waals surface area contributed by atoms with E-state index in [0.717, 1.165) is 63.0 Å². The lowest BCUT2D eigenvalue weighted by Crippen LogP contribution is -2.48. The number of amides is 2. The first-order chi connectivity index (χ1) is 15.3. The predicted octanol–water partition coefficient (Wildman–Crippen LogP) is 6.14. The maximum Gasteiger partial charge on any atom is 0.419 e. The van der Waals surface area contributed by atoms with Crippen LogP contribution in [0.1, 0.15) is 43.7 Å². The third-order valence-corrected chi connectivity index (χ3v) is 5.83. The molecule has 2 amide bonds. The third kappa shape index (κ3) is 6.22. The lowest BCUT2D eigenvalue weighted by atomic mass is 10.0. The molecule has 174 valence electrons. The number of nitrogens with zero attached hydrogens (tertiary/aromatic N) is 2. The minimum atomic E-state index is -4.83. The van der Waals surface area contributed by atoms with Crippen LogP contribution in [0.15, 0.2) is 48.5 Å². The largest absolute Gasteiger partial charge is 0.419 e. The molecule has 0 bridgehead atoms. The van der Waals surface area contributed by atoms with Gasteiger partial charge in [0.2, 0.25) is 0 Å². The van der Waals surface area contributed by atoms with E-state index in [0.29, 0.717) is 12.6 Å². The summed E-state index contributed by atoms with van der Waals surface area (Å²) in [5, 5.41) is 2.38. The number of benzene rings is 2. The van der Waals surface area contributed by atoms with E-state index in [1.807, 2.05) is 30.3 Å². The van der Waals surface area contributed by atoms with Gasteiger partial charge in [0.15, 0.2) is 5.82 Å². The second-order valence-electron chi connectivity index (χ2n) is 8.13. The molecule has 0 spiro atoms. The van der Waals surface area contributed by atoms with Gasteiger partial charge in [-0.3, -0.25) is 0 Å². The number of urea groups is 1. The van der Waals surface area contributed by atoms with Gasteiger partial charge in [0.1, 0.15) is 0 Å². The van der Waals surface area contributed by atoms with Crippen LogP contribution in [0.25, 0.3) is 0 Å². The van der Waals surface area contributed by atoms with Crippen molar-refractivity contribution in [3.05, 3.63) is 65.5 Å². The Kier molecular flexibility index (Phi) is 8.12. The quantitative estimate of drug-likeness (QED) is 0.513. The highest BCUT2D eigenvalue weighted by molar-refractivity contribution is 5.89. The number of carbonyl (C=O) groups excluding carboxylic acids is 1. The number of unbranched alkanes of at least 4 members (excludes halogenated alkanes) is 1. The van der Waals surface area contributed by atoms with Crippen LogP contribution in [0.5, 0.6) is 0 Å². The van der Waals surface area contributed by atoms with Gasteiger partial charge < -0.3 is 15.1 Å². The Balaban J connectivity index is 1.77. The number of alkyl halides is 3. The summed E-state index contributed by atoms with van der Waals surface area (Å²) in [6, 6.07) is 11.6. The Morgan fingerprint density at radius 2 is 1.78 bits per heavy atom. The molecule has 0 aromatic heterocycles. The van der Waals surface area contributed by atoms with Crippen LogP contribution in [-0.4, -0.2) is 41.5 Å². The van der Waals surface area contributed by atoms with Gasteiger partial charge in [-0.15, -0.1) is 0 Å². The monoisotopic (exact) mass is 451 g/mol. The van der Waals surface area contributed by atoms with Crippen LogP contribution in [0, 0.1) is 5.82 Å². The van der Waals surface area contributed by atoms with Crippen molar-refractivity contribution in [2.24, 2.45) is 0 Å². The van der Waals surface area contributed by atoms with Gasteiger partial charge >= 0.3 is 12.2 Å². The molecule has 0 unspecified atom stereocenters. The maximum absolute atomic E-state index is 14.5. The number of likely N-dealkylation sites (tertiary alicyclic amines) is 1. The molecule has 1 heterocycles. The van der Waals surface area contributed by atoms with Crippen LogP contribution in [0.2, 0.25) is 0 Å². The fourth-order valence-electron chi connectivity index (χ4n) is 4.02. The molecule has 0 atom stereocenters. The number of carbonyl (C=O) groups is 1. The Labute approximate surface area is 186 Å². The van der Waals surface area contributed by atoms with E-state index in [-0.39, 0.29) is 6.04 Å². The first kappa shape index (κ1) is 24.0. The predicted molar refractivity (Wildman–Crippen MR) is 117 cm³/mol. The number of piperidine rings is 1. The summed E-state index contributed by atoms with van der Waals surface area (Å²) in [4.78, 5) is 17.1. The van der Waals surface area contributed by atoms with E-state index in [9.17, 15) is 22.4 Å². The molecule has 1 fully saturated rings. The van der Waals surface area contributed by atoms with Crippen molar-refractivity contribution >= 4 is 11.7 Å². The summed E-state index contributed by atoms with van der Waals surface area (Å²) < 4.78 is 53.7. The molecule has 1 aliphatic rings. The van der Waals surface area contributed by atoms with Crippen molar-refractivity contribution in [1.29, 1.82) is 0 Å². The Bertz CT molecular complexity index is 881. The average molecular weight is 452 g/mol. The van der Waals surface area contributed by atoms with Crippen molar-refractivity contribution in [3.63, 3.8) is 0 Å².